The number of nitrogens with two attached hydrogens (primary N) is 1. The summed E-state index contributed by atoms with van der Waals surface area (Å²) in [6.07, 6.45) is 0. The second-order valence-corrected chi connectivity index (χ2v) is 4.43. The first kappa shape index (κ1) is 13.1. The summed E-state index contributed by atoms with van der Waals surface area (Å²) in [6, 6.07) is 2.28. The zero-order valence-corrected chi connectivity index (χ0v) is 10.9. The minimum Gasteiger partial charge on any atom is -0.351 e. The van der Waals surface area contributed by atoms with Gasteiger partial charge in [-0.1, -0.05) is 23.2 Å². The van der Waals surface area contributed by atoms with E-state index >= 15 is 0 Å². The van der Waals surface area contributed by atoms with Gasteiger partial charge in [-0.05, 0) is 28.1 Å². The molecule has 0 radical (unpaired) electrons. The highest BCUT2D eigenvalue weighted by Gasteiger charge is 2.09. The Morgan fingerprint density at radius 1 is 1.44 bits per heavy atom. The molecule has 0 saturated heterocycles. The zero-order chi connectivity index (χ0) is 12.3. The summed E-state index contributed by atoms with van der Waals surface area (Å²) in [7, 11) is 0. The molecule has 0 fully saturated rings. The van der Waals surface area contributed by atoms with Gasteiger partial charge in [-0.25, -0.2) is 4.79 Å². The van der Waals surface area contributed by atoms with E-state index in [0.717, 1.165) is 0 Å². The van der Waals surface area contributed by atoms with Crippen molar-refractivity contribution in [3.05, 3.63) is 26.7 Å². The maximum atomic E-state index is 10.5. The highest BCUT2D eigenvalue weighted by molar-refractivity contribution is 9.10. The average Bonchev–Trinajstić information content (AvgIpc) is 2.09. The molecule has 0 unspecified atom stereocenters. The summed E-state index contributed by atoms with van der Waals surface area (Å²) in [5, 5.41) is 12.8. The number of nitrogens with one attached hydrogen (secondary N) is 3. The average molecular weight is 326 g/mol. The Balaban J connectivity index is 2.89. The molecule has 5 nitrogen and oxygen atoms in total. The zero-order valence-electron chi connectivity index (χ0n) is 7.77. The second-order valence-electron chi connectivity index (χ2n) is 2.73. The van der Waals surface area contributed by atoms with Crippen LogP contribution in [0.5, 0.6) is 0 Å². The van der Waals surface area contributed by atoms with Crippen LogP contribution in [0, 0.1) is 5.41 Å². The summed E-state index contributed by atoms with van der Waals surface area (Å²) in [4.78, 5) is 10.5. The Kier molecular flexibility index (Phi) is 4.40. The van der Waals surface area contributed by atoms with Gasteiger partial charge in [0.05, 0.1) is 10.7 Å². The molecule has 0 aliphatic carbocycles. The molecular formula is C8H7BrCl2N4O. The van der Waals surface area contributed by atoms with Crippen molar-refractivity contribution in [3.8, 4) is 0 Å². The van der Waals surface area contributed by atoms with Gasteiger partial charge in [0, 0.05) is 9.50 Å². The third-order valence-electron chi connectivity index (χ3n) is 1.51. The molecule has 1 rings (SSSR count). The highest BCUT2D eigenvalue weighted by atomic mass is 79.9. The predicted molar refractivity (Wildman–Crippen MR) is 68.2 cm³/mol. The fourth-order valence-corrected chi connectivity index (χ4v) is 2.29. The van der Waals surface area contributed by atoms with Gasteiger partial charge in [-0.2, -0.15) is 0 Å². The first-order chi connectivity index (χ1) is 7.40. The maximum absolute atomic E-state index is 10.5. The molecule has 0 atom stereocenters. The van der Waals surface area contributed by atoms with Crippen molar-refractivity contribution >= 4 is 56.8 Å². The summed E-state index contributed by atoms with van der Waals surface area (Å²) in [6.45, 7) is 0. The van der Waals surface area contributed by atoms with E-state index < -0.39 is 6.03 Å². The Morgan fingerprint density at radius 2 is 2.06 bits per heavy atom. The van der Waals surface area contributed by atoms with E-state index in [9.17, 15) is 4.79 Å². The summed E-state index contributed by atoms with van der Waals surface area (Å²) in [5.41, 5.74) is 5.27. The first-order valence-electron chi connectivity index (χ1n) is 3.96. The number of rotatable bonds is 1. The highest BCUT2D eigenvalue weighted by Crippen LogP contribution is 2.33. The molecule has 1 aromatic rings. The monoisotopic (exact) mass is 324 g/mol. The lowest BCUT2D eigenvalue weighted by atomic mass is 10.3. The second kappa shape index (κ2) is 5.38. The van der Waals surface area contributed by atoms with Crippen LogP contribution in [0.3, 0.4) is 0 Å². The number of benzene rings is 1. The minimum absolute atomic E-state index is 0.280. The molecule has 8 heteroatoms. The number of urea groups is 1. The number of carbonyl (C=O) groups excluding carboxylic acids is 1. The van der Waals surface area contributed by atoms with Gasteiger partial charge < -0.3 is 11.1 Å². The van der Waals surface area contributed by atoms with E-state index in [4.69, 9.17) is 34.3 Å². The Bertz CT molecular complexity index is 429. The van der Waals surface area contributed by atoms with Crippen LogP contribution in [0.2, 0.25) is 10.0 Å². The molecule has 0 spiro atoms. The lowest BCUT2D eigenvalue weighted by Gasteiger charge is -2.11. The largest absolute Gasteiger partial charge is 0.351 e. The van der Waals surface area contributed by atoms with Gasteiger partial charge in [-0.3, -0.25) is 10.7 Å². The van der Waals surface area contributed by atoms with Crippen molar-refractivity contribution in [2.45, 2.75) is 0 Å². The molecular weight excluding hydrogens is 319 g/mol. The van der Waals surface area contributed by atoms with Crippen LogP contribution in [-0.4, -0.2) is 12.0 Å². The van der Waals surface area contributed by atoms with Gasteiger partial charge in [0.1, 0.15) is 0 Å². The van der Waals surface area contributed by atoms with Gasteiger partial charge in [0.25, 0.3) is 0 Å². The molecule has 0 heterocycles. The number of carbonyl (C=O) groups is 1. The fraction of sp³-hybridized carbons (Fsp3) is 0. The van der Waals surface area contributed by atoms with E-state index in [1.54, 1.807) is 6.07 Å². The van der Waals surface area contributed by atoms with Gasteiger partial charge in [0.2, 0.25) is 5.96 Å². The number of hydrogen-bond donors (Lipinski definition) is 4. The number of amides is 2. The van der Waals surface area contributed by atoms with Crippen LogP contribution in [0.4, 0.5) is 10.5 Å². The number of anilines is 1. The topological polar surface area (TPSA) is 91.0 Å². The summed E-state index contributed by atoms with van der Waals surface area (Å²) in [5.74, 6) is -0.280. The van der Waals surface area contributed by atoms with Crippen molar-refractivity contribution in [2.24, 2.45) is 5.73 Å². The summed E-state index contributed by atoms with van der Waals surface area (Å²) >= 11 is 14.9. The van der Waals surface area contributed by atoms with E-state index in [1.165, 1.54) is 6.07 Å². The smallest absolute Gasteiger partial charge is 0.318 e. The minimum atomic E-state index is -0.835. The van der Waals surface area contributed by atoms with Crippen molar-refractivity contribution < 1.29 is 4.79 Å². The Labute approximate surface area is 110 Å². The van der Waals surface area contributed by atoms with Crippen LogP contribution in [-0.2, 0) is 0 Å². The van der Waals surface area contributed by atoms with E-state index in [1.807, 2.05) is 0 Å². The molecule has 0 aliphatic rings. The molecule has 0 aromatic heterocycles. The molecule has 0 bridgehead atoms. The van der Waals surface area contributed by atoms with E-state index in [-0.39, 0.29) is 5.96 Å². The molecule has 0 saturated carbocycles. The molecule has 2 amide bonds. The quantitative estimate of drug-likeness (QED) is 0.472. The third-order valence-corrected chi connectivity index (χ3v) is 2.65. The van der Waals surface area contributed by atoms with Crippen molar-refractivity contribution in [3.63, 3.8) is 0 Å². The molecule has 1 aromatic carbocycles. The van der Waals surface area contributed by atoms with Crippen LogP contribution < -0.4 is 16.4 Å². The van der Waals surface area contributed by atoms with E-state index in [2.05, 4.69) is 26.6 Å². The molecule has 0 aliphatic heterocycles. The van der Waals surface area contributed by atoms with Crippen LogP contribution >= 0.6 is 39.1 Å². The fourth-order valence-electron chi connectivity index (χ4n) is 0.941. The lowest BCUT2D eigenvalue weighted by molar-refractivity contribution is 0.253. The third kappa shape index (κ3) is 3.55. The van der Waals surface area contributed by atoms with Crippen molar-refractivity contribution in [1.29, 1.82) is 5.41 Å². The van der Waals surface area contributed by atoms with Gasteiger partial charge in [0.15, 0.2) is 0 Å². The first-order valence-corrected chi connectivity index (χ1v) is 5.51. The van der Waals surface area contributed by atoms with Crippen LogP contribution in [0.1, 0.15) is 0 Å². The van der Waals surface area contributed by atoms with E-state index in [0.29, 0.717) is 20.2 Å². The Hall–Kier alpha value is -0.980. The number of hydrogen-bond acceptors (Lipinski definition) is 2. The van der Waals surface area contributed by atoms with Gasteiger partial charge >= 0.3 is 6.03 Å². The van der Waals surface area contributed by atoms with Crippen LogP contribution in [0.25, 0.3) is 0 Å². The summed E-state index contributed by atoms with van der Waals surface area (Å²) < 4.78 is 0.570. The molecule has 5 N–H and O–H groups in total. The number of primary amides is 1. The number of halogens is 3. The lowest BCUT2D eigenvalue weighted by Crippen LogP contribution is -2.38. The Morgan fingerprint density at radius 3 is 2.56 bits per heavy atom. The normalized spacial score (nSPS) is 9.69. The predicted octanol–water partition coefficient (Wildman–Crippen LogP) is 2.77. The number of guanidine groups is 1. The van der Waals surface area contributed by atoms with Crippen LogP contribution in [0.15, 0.2) is 16.6 Å². The molecule has 86 valence electrons. The van der Waals surface area contributed by atoms with Crippen molar-refractivity contribution in [2.75, 3.05) is 5.32 Å². The SMILES string of the molecule is N=C(NC(N)=O)Nc1c(Cl)cc(Cl)cc1Br. The standard InChI is InChI=1S/C8H7BrCl2N4O/c9-4-1-3(10)2-5(11)6(4)14-7(12)15-8(13)16/h1-2H,(H5,12,13,14,15,16). The molecule has 16 heavy (non-hydrogen) atoms. The maximum Gasteiger partial charge on any atom is 0.318 e. The van der Waals surface area contributed by atoms with Crippen molar-refractivity contribution in [1.82, 2.24) is 5.32 Å². The van der Waals surface area contributed by atoms with Gasteiger partial charge in [-0.15, -0.1) is 0 Å².